The molecular weight excluding hydrogens is 272 g/mol. The summed E-state index contributed by atoms with van der Waals surface area (Å²) in [6, 6.07) is 15.2. The second-order valence-electron chi connectivity index (χ2n) is 6.10. The number of carboxylic acids is 1. The molecule has 1 atom stereocenters. The first-order valence-electron chi connectivity index (χ1n) is 8.12. The maximum absolute atomic E-state index is 10.7. The van der Waals surface area contributed by atoms with Crippen molar-refractivity contribution in [3.8, 4) is 11.1 Å². The van der Waals surface area contributed by atoms with Gasteiger partial charge >= 0.3 is 5.97 Å². The molecule has 0 bridgehead atoms. The maximum Gasteiger partial charge on any atom is 0.303 e. The molecule has 1 aliphatic rings. The lowest BCUT2D eigenvalue weighted by Gasteiger charge is -2.18. The Kier molecular flexibility index (Phi) is 4.28. The molecular formula is C20H22O2. The quantitative estimate of drug-likeness (QED) is 0.694. The van der Waals surface area contributed by atoms with Crippen LogP contribution >= 0.6 is 0 Å². The lowest BCUT2D eigenvalue weighted by Crippen LogP contribution is -2.03. The Hall–Kier alpha value is -2.09. The number of rotatable bonds is 6. The first-order valence-corrected chi connectivity index (χ1v) is 8.12. The predicted octanol–water partition coefficient (Wildman–Crippen LogP) is 5.01. The molecule has 2 aromatic carbocycles. The lowest BCUT2D eigenvalue weighted by atomic mass is 9.86. The standard InChI is InChI=1S/C20H22O2/c1-2-14(8-5-12-20(21)22)16-10-6-11-18-17-9-4-3-7-15(17)13-19(16)18/h3-4,6-7,9-11,14H,2,5,8,12-13H2,1H3,(H,21,22). The number of benzene rings is 2. The molecule has 1 unspecified atom stereocenters. The molecule has 0 aromatic heterocycles. The normalized spacial score (nSPS) is 13.5. The van der Waals surface area contributed by atoms with Crippen LogP contribution in [0.15, 0.2) is 42.5 Å². The van der Waals surface area contributed by atoms with Crippen LogP contribution in [0.4, 0.5) is 0 Å². The van der Waals surface area contributed by atoms with Crippen molar-refractivity contribution in [2.45, 2.75) is 44.9 Å². The van der Waals surface area contributed by atoms with Gasteiger partial charge in [0.2, 0.25) is 0 Å². The predicted molar refractivity (Wildman–Crippen MR) is 89.2 cm³/mol. The molecule has 0 fully saturated rings. The summed E-state index contributed by atoms with van der Waals surface area (Å²) >= 11 is 0. The van der Waals surface area contributed by atoms with Gasteiger partial charge in [0.05, 0.1) is 0 Å². The van der Waals surface area contributed by atoms with Crippen LogP contribution in [0.3, 0.4) is 0 Å². The van der Waals surface area contributed by atoms with Crippen molar-refractivity contribution in [1.82, 2.24) is 0 Å². The third-order valence-corrected chi connectivity index (χ3v) is 4.76. The average molecular weight is 294 g/mol. The van der Waals surface area contributed by atoms with E-state index in [4.69, 9.17) is 5.11 Å². The Labute approximate surface area is 131 Å². The van der Waals surface area contributed by atoms with E-state index >= 15 is 0 Å². The number of carboxylic acid groups (broad SMARTS) is 1. The van der Waals surface area contributed by atoms with Crippen LogP contribution in [-0.4, -0.2) is 11.1 Å². The summed E-state index contributed by atoms with van der Waals surface area (Å²) in [6.45, 7) is 2.20. The van der Waals surface area contributed by atoms with Crippen molar-refractivity contribution in [3.63, 3.8) is 0 Å². The minimum atomic E-state index is -0.694. The van der Waals surface area contributed by atoms with Crippen molar-refractivity contribution in [2.75, 3.05) is 0 Å². The smallest absolute Gasteiger partial charge is 0.303 e. The molecule has 2 aromatic rings. The second kappa shape index (κ2) is 6.35. The SMILES string of the molecule is CCC(CCCC(=O)O)c1cccc2c1Cc1ccccc1-2. The van der Waals surface area contributed by atoms with E-state index in [1.807, 2.05) is 0 Å². The van der Waals surface area contributed by atoms with Crippen LogP contribution in [0.25, 0.3) is 11.1 Å². The third kappa shape index (κ3) is 2.78. The van der Waals surface area contributed by atoms with Gasteiger partial charge in [-0.05, 0) is 59.4 Å². The van der Waals surface area contributed by atoms with Crippen molar-refractivity contribution >= 4 is 5.97 Å². The highest BCUT2D eigenvalue weighted by Gasteiger charge is 2.23. The molecule has 22 heavy (non-hydrogen) atoms. The summed E-state index contributed by atoms with van der Waals surface area (Å²) in [5.74, 6) is -0.232. The zero-order chi connectivity index (χ0) is 15.5. The van der Waals surface area contributed by atoms with E-state index in [1.165, 1.54) is 27.8 Å². The second-order valence-corrected chi connectivity index (χ2v) is 6.10. The van der Waals surface area contributed by atoms with Gasteiger partial charge in [0, 0.05) is 6.42 Å². The number of fused-ring (bicyclic) bond motifs is 3. The largest absolute Gasteiger partial charge is 0.481 e. The van der Waals surface area contributed by atoms with Gasteiger partial charge in [-0.3, -0.25) is 4.79 Å². The average Bonchev–Trinajstić information content (AvgIpc) is 2.90. The van der Waals surface area contributed by atoms with E-state index in [2.05, 4.69) is 49.4 Å². The van der Waals surface area contributed by atoms with Gasteiger partial charge in [-0.1, -0.05) is 49.4 Å². The Morgan fingerprint density at radius 3 is 2.68 bits per heavy atom. The van der Waals surface area contributed by atoms with Gasteiger partial charge < -0.3 is 5.11 Å². The fraction of sp³-hybridized carbons (Fsp3) is 0.350. The summed E-state index contributed by atoms with van der Waals surface area (Å²) < 4.78 is 0. The Morgan fingerprint density at radius 1 is 1.14 bits per heavy atom. The van der Waals surface area contributed by atoms with Crippen molar-refractivity contribution in [3.05, 3.63) is 59.2 Å². The number of hydrogen-bond donors (Lipinski definition) is 1. The van der Waals surface area contributed by atoms with Gasteiger partial charge in [-0.25, -0.2) is 0 Å². The number of aliphatic carboxylic acids is 1. The fourth-order valence-electron chi connectivity index (χ4n) is 3.64. The molecule has 114 valence electrons. The molecule has 0 saturated carbocycles. The molecule has 0 radical (unpaired) electrons. The molecule has 1 N–H and O–H groups in total. The van der Waals surface area contributed by atoms with Gasteiger partial charge in [0.1, 0.15) is 0 Å². The highest BCUT2D eigenvalue weighted by Crippen LogP contribution is 2.41. The Morgan fingerprint density at radius 2 is 1.91 bits per heavy atom. The third-order valence-electron chi connectivity index (χ3n) is 4.76. The molecule has 0 saturated heterocycles. The van der Waals surface area contributed by atoms with Gasteiger partial charge in [0.25, 0.3) is 0 Å². The monoisotopic (exact) mass is 294 g/mol. The van der Waals surface area contributed by atoms with Crippen LogP contribution in [0.5, 0.6) is 0 Å². The zero-order valence-electron chi connectivity index (χ0n) is 13.0. The van der Waals surface area contributed by atoms with E-state index < -0.39 is 5.97 Å². The maximum atomic E-state index is 10.7. The highest BCUT2D eigenvalue weighted by molar-refractivity contribution is 5.78. The molecule has 0 aliphatic heterocycles. The summed E-state index contributed by atoms with van der Waals surface area (Å²) in [5.41, 5.74) is 7.00. The zero-order valence-corrected chi connectivity index (χ0v) is 13.0. The summed E-state index contributed by atoms with van der Waals surface area (Å²) in [5, 5.41) is 8.84. The molecule has 2 nitrogen and oxygen atoms in total. The highest BCUT2D eigenvalue weighted by atomic mass is 16.4. The van der Waals surface area contributed by atoms with E-state index in [9.17, 15) is 4.79 Å². The van der Waals surface area contributed by atoms with Crippen LogP contribution < -0.4 is 0 Å². The van der Waals surface area contributed by atoms with E-state index in [1.54, 1.807) is 0 Å². The minimum absolute atomic E-state index is 0.270. The molecule has 3 rings (SSSR count). The van der Waals surface area contributed by atoms with Crippen molar-refractivity contribution in [1.29, 1.82) is 0 Å². The molecule has 2 heteroatoms. The van der Waals surface area contributed by atoms with Gasteiger partial charge in [-0.15, -0.1) is 0 Å². The van der Waals surface area contributed by atoms with Crippen molar-refractivity contribution < 1.29 is 9.90 Å². The Bertz CT molecular complexity index is 688. The van der Waals surface area contributed by atoms with E-state index in [0.29, 0.717) is 5.92 Å². The topological polar surface area (TPSA) is 37.3 Å². The van der Waals surface area contributed by atoms with Crippen LogP contribution in [-0.2, 0) is 11.2 Å². The van der Waals surface area contributed by atoms with Gasteiger partial charge in [-0.2, -0.15) is 0 Å². The molecule has 0 amide bonds. The molecule has 0 spiro atoms. The first kappa shape index (κ1) is 14.8. The van der Waals surface area contributed by atoms with E-state index in [0.717, 1.165) is 25.7 Å². The number of hydrogen-bond acceptors (Lipinski definition) is 1. The molecule has 0 heterocycles. The van der Waals surface area contributed by atoms with Gasteiger partial charge in [0.15, 0.2) is 0 Å². The van der Waals surface area contributed by atoms with Crippen molar-refractivity contribution in [2.24, 2.45) is 0 Å². The summed E-state index contributed by atoms with van der Waals surface area (Å²) in [4.78, 5) is 10.7. The first-order chi connectivity index (χ1) is 10.7. The minimum Gasteiger partial charge on any atom is -0.481 e. The molecule has 1 aliphatic carbocycles. The van der Waals surface area contributed by atoms with Crippen LogP contribution in [0, 0.1) is 0 Å². The van der Waals surface area contributed by atoms with Crippen LogP contribution in [0.2, 0.25) is 0 Å². The fourth-order valence-corrected chi connectivity index (χ4v) is 3.64. The number of carbonyl (C=O) groups is 1. The van der Waals surface area contributed by atoms with Crippen LogP contribution in [0.1, 0.15) is 55.2 Å². The lowest BCUT2D eigenvalue weighted by molar-refractivity contribution is -0.137. The Balaban J connectivity index is 1.88. The summed E-state index contributed by atoms with van der Waals surface area (Å²) in [6.07, 6.45) is 4.05. The summed E-state index contributed by atoms with van der Waals surface area (Å²) in [7, 11) is 0. The van der Waals surface area contributed by atoms with E-state index in [-0.39, 0.29) is 6.42 Å².